The zero-order chi connectivity index (χ0) is 19.2. The van der Waals surface area contributed by atoms with Gasteiger partial charge in [0.15, 0.2) is 0 Å². The topological polar surface area (TPSA) is 49.4 Å². The number of carbonyl (C=O) groups is 2. The number of para-hydroxylation sites is 1. The van der Waals surface area contributed by atoms with E-state index in [1.165, 1.54) is 5.56 Å². The number of rotatable bonds is 7. The number of carbonyl (C=O) groups excluding carboxylic acids is 2. The number of fused-ring (bicyclic) bond motifs is 1. The highest BCUT2D eigenvalue weighted by Crippen LogP contribution is 2.29. The fraction of sp³-hybridized carbons (Fsp3) is 0.364. The average Bonchev–Trinajstić information content (AvgIpc) is 3.12. The first-order chi connectivity index (χ1) is 13.1. The van der Waals surface area contributed by atoms with Gasteiger partial charge in [0.05, 0.1) is 5.25 Å². The fourth-order valence-electron chi connectivity index (χ4n) is 3.13. The molecular weight excluding hydrogens is 356 g/mol. The van der Waals surface area contributed by atoms with Crippen LogP contribution in [0.2, 0.25) is 0 Å². The molecular formula is C22H26N2O2S. The standard InChI is InChI=1S/C22H26N2O2S/c1-3-4-15-27-16(2)21(25)23-19-11-9-18(10-12-19)22(26)24-14-13-17-7-5-6-8-20(17)24/h5-12,16H,3-4,13-15H2,1-2H3,(H,23,25). The molecule has 0 aromatic heterocycles. The lowest BCUT2D eigenvalue weighted by molar-refractivity contribution is -0.115. The third kappa shape index (κ3) is 4.72. The van der Waals surface area contributed by atoms with Crippen LogP contribution in [0.5, 0.6) is 0 Å². The molecule has 2 aromatic rings. The fourth-order valence-corrected chi connectivity index (χ4v) is 4.14. The van der Waals surface area contributed by atoms with Gasteiger partial charge in [-0.25, -0.2) is 0 Å². The normalized spacial score (nSPS) is 13.9. The van der Waals surface area contributed by atoms with Crippen LogP contribution in [0.3, 0.4) is 0 Å². The predicted molar refractivity (Wildman–Crippen MR) is 114 cm³/mol. The van der Waals surface area contributed by atoms with Gasteiger partial charge in [0.2, 0.25) is 5.91 Å². The Hall–Kier alpha value is -2.27. The highest BCUT2D eigenvalue weighted by atomic mass is 32.2. The van der Waals surface area contributed by atoms with Gasteiger partial charge in [-0.1, -0.05) is 31.5 Å². The Morgan fingerprint density at radius 3 is 2.63 bits per heavy atom. The lowest BCUT2D eigenvalue weighted by Crippen LogP contribution is -2.28. The molecule has 0 spiro atoms. The van der Waals surface area contributed by atoms with E-state index in [4.69, 9.17) is 0 Å². The molecule has 0 saturated heterocycles. The zero-order valence-corrected chi connectivity index (χ0v) is 16.7. The number of hydrogen-bond donors (Lipinski definition) is 1. The largest absolute Gasteiger partial charge is 0.325 e. The van der Waals surface area contributed by atoms with E-state index in [2.05, 4.69) is 18.3 Å². The number of benzene rings is 2. The van der Waals surface area contributed by atoms with Crippen molar-refractivity contribution < 1.29 is 9.59 Å². The van der Waals surface area contributed by atoms with Crippen LogP contribution in [0.15, 0.2) is 48.5 Å². The molecule has 0 saturated carbocycles. The summed E-state index contributed by atoms with van der Waals surface area (Å²) in [6.45, 7) is 4.79. The van der Waals surface area contributed by atoms with Crippen molar-refractivity contribution in [2.24, 2.45) is 0 Å². The minimum Gasteiger partial charge on any atom is -0.325 e. The van der Waals surface area contributed by atoms with Gasteiger partial charge in [0, 0.05) is 23.5 Å². The summed E-state index contributed by atoms with van der Waals surface area (Å²) in [4.78, 5) is 26.9. The molecule has 1 aliphatic heterocycles. The Bertz CT molecular complexity index is 804. The molecule has 4 nitrogen and oxygen atoms in total. The Balaban J connectivity index is 1.60. The Morgan fingerprint density at radius 1 is 1.15 bits per heavy atom. The van der Waals surface area contributed by atoms with Crippen LogP contribution in [0.25, 0.3) is 0 Å². The number of thioether (sulfide) groups is 1. The first-order valence-electron chi connectivity index (χ1n) is 9.52. The summed E-state index contributed by atoms with van der Waals surface area (Å²) in [6.07, 6.45) is 3.15. The van der Waals surface area contributed by atoms with E-state index in [9.17, 15) is 9.59 Å². The summed E-state index contributed by atoms with van der Waals surface area (Å²) in [7, 11) is 0. The van der Waals surface area contributed by atoms with Crippen molar-refractivity contribution in [3.63, 3.8) is 0 Å². The van der Waals surface area contributed by atoms with Crippen LogP contribution in [-0.2, 0) is 11.2 Å². The summed E-state index contributed by atoms with van der Waals surface area (Å²) in [5.74, 6) is 1.00. The lowest BCUT2D eigenvalue weighted by Gasteiger charge is -2.17. The van der Waals surface area contributed by atoms with Crippen molar-refractivity contribution in [3.8, 4) is 0 Å². The molecule has 2 aromatic carbocycles. The Labute approximate surface area is 165 Å². The quantitative estimate of drug-likeness (QED) is 0.703. The van der Waals surface area contributed by atoms with Gasteiger partial charge >= 0.3 is 0 Å². The average molecular weight is 383 g/mol. The van der Waals surface area contributed by atoms with E-state index < -0.39 is 0 Å². The molecule has 0 bridgehead atoms. The SMILES string of the molecule is CCCCSC(C)C(=O)Nc1ccc(C(=O)N2CCc3ccccc32)cc1. The predicted octanol–water partition coefficient (Wildman–Crippen LogP) is 4.75. The maximum atomic E-state index is 12.8. The molecule has 0 fully saturated rings. The van der Waals surface area contributed by atoms with Crippen LogP contribution in [-0.4, -0.2) is 29.4 Å². The van der Waals surface area contributed by atoms with E-state index in [-0.39, 0.29) is 17.1 Å². The highest BCUT2D eigenvalue weighted by molar-refractivity contribution is 8.00. The zero-order valence-electron chi connectivity index (χ0n) is 15.9. The molecule has 0 radical (unpaired) electrons. The third-order valence-corrected chi connectivity index (χ3v) is 6.01. The van der Waals surface area contributed by atoms with E-state index in [0.717, 1.165) is 36.4 Å². The lowest BCUT2D eigenvalue weighted by atomic mass is 10.1. The van der Waals surface area contributed by atoms with Gasteiger partial charge in [-0.15, -0.1) is 11.8 Å². The van der Waals surface area contributed by atoms with Crippen LogP contribution in [0.4, 0.5) is 11.4 Å². The first kappa shape index (κ1) is 19.5. The first-order valence-corrected chi connectivity index (χ1v) is 10.6. The minimum absolute atomic E-state index is 0.00122. The van der Waals surface area contributed by atoms with Gasteiger partial charge in [0.1, 0.15) is 0 Å². The molecule has 1 atom stereocenters. The molecule has 5 heteroatoms. The van der Waals surface area contributed by atoms with Crippen LogP contribution in [0.1, 0.15) is 42.6 Å². The molecule has 1 N–H and O–H groups in total. The maximum absolute atomic E-state index is 12.8. The van der Waals surface area contributed by atoms with Crippen molar-refractivity contribution in [2.75, 3.05) is 22.5 Å². The van der Waals surface area contributed by atoms with Gasteiger partial charge in [-0.2, -0.15) is 0 Å². The summed E-state index contributed by atoms with van der Waals surface area (Å²) < 4.78 is 0. The summed E-state index contributed by atoms with van der Waals surface area (Å²) >= 11 is 1.67. The van der Waals surface area contributed by atoms with Crippen molar-refractivity contribution >= 4 is 35.0 Å². The molecule has 1 heterocycles. The molecule has 3 rings (SSSR count). The van der Waals surface area contributed by atoms with Crippen LogP contribution >= 0.6 is 11.8 Å². The van der Waals surface area contributed by atoms with Crippen molar-refractivity contribution in [1.82, 2.24) is 0 Å². The number of nitrogens with zero attached hydrogens (tertiary/aromatic N) is 1. The van der Waals surface area contributed by atoms with Crippen molar-refractivity contribution in [1.29, 1.82) is 0 Å². The molecule has 2 amide bonds. The summed E-state index contributed by atoms with van der Waals surface area (Å²) in [5, 5.41) is 2.85. The summed E-state index contributed by atoms with van der Waals surface area (Å²) in [5.41, 5.74) is 3.57. The van der Waals surface area contributed by atoms with Crippen LogP contribution in [0, 0.1) is 0 Å². The molecule has 0 aliphatic carbocycles. The molecule has 1 aliphatic rings. The number of hydrogen-bond acceptors (Lipinski definition) is 3. The van der Waals surface area contributed by atoms with Crippen molar-refractivity contribution in [2.45, 2.75) is 38.4 Å². The minimum atomic E-state index is -0.0843. The van der Waals surface area contributed by atoms with E-state index >= 15 is 0 Å². The van der Waals surface area contributed by atoms with Crippen LogP contribution < -0.4 is 10.2 Å². The van der Waals surface area contributed by atoms with Gasteiger partial charge in [-0.3, -0.25) is 9.59 Å². The summed E-state index contributed by atoms with van der Waals surface area (Å²) in [6, 6.07) is 15.2. The third-order valence-electron chi connectivity index (χ3n) is 4.77. The number of amides is 2. The highest BCUT2D eigenvalue weighted by Gasteiger charge is 2.25. The van der Waals surface area contributed by atoms with E-state index in [1.54, 1.807) is 36.0 Å². The monoisotopic (exact) mass is 382 g/mol. The van der Waals surface area contributed by atoms with E-state index in [0.29, 0.717) is 12.1 Å². The second kappa shape index (κ2) is 9.09. The number of unbranched alkanes of at least 4 members (excludes halogenated alkanes) is 1. The Kier molecular flexibility index (Phi) is 6.56. The smallest absolute Gasteiger partial charge is 0.258 e. The van der Waals surface area contributed by atoms with E-state index in [1.807, 2.05) is 30.0 Å². The maximum Gasteiger partial charge on any atom is 0.258 e. The van der Waals surface area contributed by atoms with Gasteiger partial charge in [-0.05, 0) is 61.4 Å². The second-order valence-corrected chi connectivity index (χ2v) is 8.22. The van der Waals surface area contributed by atoms with Gasteiger partial charge in [0.25, 0.3) is 5.91 Å². The van der Waals surface area contributed by atoms with Crippen molar-refractivity contribution in [3.05, 3.63) is 59.7 Å². The second-order valence-electron chi connectivity index (χ2n) is 6.77. The Morgan fingerprint density at radius 2 is 1.89 bits per heavy atom. The molecule has 27 heavy (non-hydrogen) atoms. The number of nitrogens with one attached hydrogen (secondary N) is 1. The number of anilines is 2. The van der Waals surface area contributed by atoms with Gasteiger partial charge < -0.3 is 10.2 Å². The molecule has 1 unspecified atom stereocenters. The molecule has 142 valence electrons.